The lowest BCUT2D eigenvalue weighted by molar-refractivity contribution is -0.120. The number of aryl methyl sites for hydroxylation is 1. The maximum absolute atomic E-state index is 14.1. The number of hydrogen-bond donors (Lipinski definition) is 1. The van der Waals surface area contributed by atoms with E-state index in [-0.39, 0.29) is 24.3 Å². The van der Waals surface area contributed by atoms with Gasteiger partial charge >= 0.3 is 0 Å². The number of anilines is 1. The molecule has 1 N–H and O–H groups in total. The molecule has 0 radical (unpaired) electrons. The fraction of sp³-hybridized carbons (Fsp3) is 0.353. The van der Waals surface area contributed by atoms with Crippen molar-refractivity contribution < 1.29 is 9.18 Å². The van der Waals surface area contributed by atoms with E-state index in [1.54, 1.807) is 17.4 Å². The zero-order valence-corrected chi connectivity index (χ0v) is 13.3. The molecule has 3 rings (SSSR count). The van der Waals surface area contributed by atoms with Crippen molar-refractivity contribution in [2.24, 2.45) is 0 Å². The Hall–Kier alpha value is -1.88. The number of hydrogen-bond acceptors (Lipinski definition) is 3. The van der Waals surface area contributed by atoms with Crippen LogP contribution in [0, 0.1) is 5.82 Å². The number of carbonyl (C=O) groups is 1. The van der Waals surface area contributed by atoms with Crippen LogP contribution in [0.15, 0.2) is 35.7 Å². The van der Waals surface area contributed by atoms with E-state index in [1.165, 1.54) is 6.07 Å². The predicted octanol–water partition coefficient (Wildman–Crippen LogP) is 3.52. The molecule has 1 aromatic carbocycles. The van der Waals surface area contributed by atoms with Crippen LogP contribution in [0.2, 0.25) is 0 Å². The summed E-state index contributed by atoms with van der Waals surface area (Å²) in [4.78, 5) is 15.2. The first kappa shape index (κ1) is 15.0. The van der Waals surface area contributed by atoms with Gasteiger partial charge in [0.25, 0.3) is 0 Å². The average molecular weight is 318 g/mol. The monoisotopic (exact) mass is 318 g/mol. The number of fused-ring (bicyclic) bond motifs is 1. The number of thiophene rings is 1. The van der Waals surface area contributed by atoms with Gasteiger partial charge in [0.1, 0.15) is 5.82 Å². The molecule has 3 nitrogen and oxygen atoms in total. The quantitative estimate of drug-likeness (QED) is 0.935. The van der Waals surface area contributed by atoms with Gasteiger partial charge in [-0.15, -0.1) is 11.3 Å². The minimum absolute atomic E-state index is 0.0163. The van der Waals surface area contributed by atoms with Crippen molar-refractivity contribution in [2.75, 3.05) is 18.0 Å². The molecule has 0 saturated heterocycles. The number of nitrogens with one attached hydrogen (secondary N) is 1. The standard InChI is InChI=1S/C17H19FN2OS/c1-12(15-8-4-10-22-15)19-16(21)11-20-9-3-6-13-5-2-7-14(18)17(13)20/h2,4-5,7-8,10,12H,3,6,9,11H2,1H3,(H,19,21). The Morgan fingerprint density at radius 3 is 3.05 bits per heavy atom. The normalized spacial score (nSPS) is 15.3. The van der Waals surface area contributed by atoms with Crippen LogP contribution in [0.25, 0.3) is 0 Å². The van der Waals surface area contributed by atoms with Gasteiger partial charge in [0.05, 0.1) is 18.3 Å². The molecule has 0 aliphatic carbocycles. The molecule has 5 heteroatoms. The van der Waals surface area contributed by atoms with Crippen LogP contribution in [0.1, 0.15) is 29.8 Å². The molecule has 1 amide bonds. The van der Waals surface area contributed by atoms with Crippen molar-refractivity contribution >= 4 is 22.9 Å². The van der Waals surface area contributed by atoms with E-state index in [4.69, 9.17) is 0 Å². The summed E-state index contributed by atoms with van der Waals surface area (Å²) < 4.78 is 14.1. The Bertz CT molecular complexity index is 657. The van der Waals surface area contributed by atoms with Crippen LogP contribution in [0.5, 0.6) is 0 Å². The van der Waals surface area contributed by atoms with E-state index >= 15 is 0 Å². The van der Waals surface area contributed by atoms with Crippen molar-refractivity contribution in [3.8, 4) is 0 Å². The third-order valence-electron chi connectivity index (χ3n) is 3.94. The summed E-state index contributed by atoms with van der Waals surface area (Å²) in [5.41, 5.74) is 1.58. The van der Waals surface area contributed by atoms with Crippen molar-refractivity contribution in [3.63, 3.8) is 0 Å². The summed E-state index contributed by atoms with van der Waals surface area (Å²) in [6.07, 6.45) is 1.82. The Labute approximate surface area is 133 Å². The van der Waals surface area contributed by atoms with Crippen molar-refractivity contribution in [1.82, 2.24) is 5.32 Å². The molecule has 2 aromatic rings. The lowest BCUT2D eigenvalue weighted by atomic mass is 10.0. The first-order chi connectivity index (χ1) is 10.6. The van der Waals surface area contributed by atoms with Gasteiger partial charge in [0, 0.05) is 11.4 Å². The van der Waals surface area contributed by atoms with Crippen LogP contribution in [-0.4, -0.2) is 19.0 Å². The second kappa shape index (κ2) is 6.48. The number of halogens is 1. The SMILES string of the molecule is CC(NC(=O)CN1CCCc2cccc(F)c21)c1cccs1. The van der Waals surface area contributed by atoms with E-state index in [2.05, 4.69) is 5.32 Å². The minimum Gasteiger partial charge on any atom is -0.360 e. The van der Waals surface area contributed by atoms with E-state index < -0.39 is 0 Å². The molecule has 1 aliphatic heterocycles. The van der Waals surface area contributed by atoms with E-state index in [0.717, 1.165) is 29.8 Å². The molecule has 1 unspecified atom stereocenters. The molecular weight excluding hydrogens is 299 g/mol. The Kier molecular flexibility index (Phi) is 4.43. The highest BCUT2D eigenvalue weighted by Crippen LogP contribution is 2.29. The highest BCUT2D eigenvalue weighted by Gasteiger charge is 2.23. The first-order valence-electron chi connectivity index (χ1n) is 7.50. The fourth-order valence-corrected chi connectivity index (χ4v) is 3.65. The average Bonchev–Trinajstić information content (AvgIpc) is 3.01. The van der Waals surface area contributed by atoms with Gasteiger partial charge < -0.3 is 10.2 Å². The van der Waals surface area contributed by atoms with E-state index in [1.807, 2.05) is 35.4 Å². The third-order valence-corrected chi connectivity index (χ3v) is 5.00. The summed E-state index contributed by atoms with van der Waals surface area (Å²) in [6.45, 7) is 2.88. The van der Waals surface area contributed by atoms with Crippen LogP contribution in [0.4, 0.5) is 10.1 Å². The first-order valence-corrected chi connectivity index (χ1v) is 8.38. The van der Waals surface area contributed by atoms with Gasteiger partial charge in [-0.25, -0.2) is 4.39 Å². The molecular formula is C17H19FN2OS. The van der Waals surface area contributed by atoms with E-state index in [9.17, 15) is 9.18 Å². The summed E-state index contributed by atoms with van der Waals surface area (Å²) in [5, 5.41) is 4.98. The topological polar surface area (TPSA) is 32.3 Å². The molecule has 1 aliphatic rings. The van der Waals surface area contributed by atoms with Gasteiger partial charge in [-0.2, -0.15) is 0 Å². The van der Waals surface area contributed by atoms with Crippen LogP contribution >= 0.6 is 11.3 Å². The van der Waals surface area contributed by atoms with Gasteiger partial charge in [-0.1, -0.05) is 18.2 Å². The summed E-state index contributed by atoms with van der Waals surface area (Å²) in [7, 11) is 0. The Morgan fingerprint density at radius 1 is 1.41 bits per heavy atom. The van der Waals surface area contributed by atoms with Crippen molar-refractivity contribution in [2.45, 2.75) is 25.8 Å². The molecule has 1 atom stereocenters. The molecule has 2 heterocycles. The third kappa shape index (κ3) is 3.14. The zero-order valence-electron chi connectivity index (χ0n) is 12.5. The van der Waals surface area contributed by atoms with Crippen LogP contribution in [-0.2, 0) is 11.2 Å². The van der Waals surface area contributed by atoms with Gasteiger partial charge in [-0.3, -0.25) is 4.79 Å². The van der Waals surface area contributed by atoms with Gasteiger partial charge in [-0.05, 0) is 42.8 Å². The zero-order chi connectivity index (χ0) is 15.5. The molecule has 1 aromatic heterocycles. The maximum Gasteiger partial charge on any atom is 0.240 e. The molecule has 0 saturated carbocycles. The molecule has 0 bridgehead atoms. The number of para-hydroxylation sites is 1. The van der Waals surface area contributed by atoms with Crippen LogP contribution in [0.3, 0.4) is 0 Å². The molecule has 22 heavy (non-hydrogen) atoms. The van der Waals surface area contributed by atoms with Gasteiger partial charge in [0.15, 0.2) is 0 Å². The molecule has 0 spiro atoms. The second-order valence-electron chi connectivity index (χ2n) is 5.58. The Balaban J connectivity index is 1.68. The number of nitrogens with zero attached hydrogens (tertiary/aromatic N) is 1. The number of carbonyl (C=O) groups excluding carboxylic acids is 1. The number of benzene rings is 1. The maximum atomic E-state index is 14.1. The van der Waals surface area contributed by atoms with Gasteiger partial charge in [0.2, 0.25) is 5.91 Å². The fourth-order valence-electron chi connectivity index (χ4n) is 2.92. The van der Waals surface area contributed by atoms with Crippen LogP contribution < -0.4 is 10.2 Å². The smallest absolute Gasteiger partial charge is 0.240 e. The minimum atomic E-state index is -0.240. The highest BCUT2D eigenvalue weighted by molar-refractivity contribution is 7.10. The lowest BCUT2D eigenvalue weighted by Crippen LogP contribution is -2.41. The highest BCUT2D eigenvalue weighted by atomic mass is 32.1. The summed E-state index contributed by atoms with van der Waals surface area (Å²) in [6, 6.07) is 9.10. The summed E-state index contributed by atoms with van der Waals surface area (Å²) >= 11 is 1.62. The summed E-state index contributed by atoms with van der Waals surface area (Å²) in [5.74, 6) is -0.312. The van der Waals surface area contributed by atoms with Crippen molar-refractivity contribution in [3.05, 3.63) is 52.0 Å². The number of amides is 1. The second-order valence-corrected chi connectivity index (χ2v) is 6.56. The molecule has 0 fully saturated rings. The predicted molar refractivity (Wildman–Crippen MR) is 87.8 cm³/mol. The van der Waals surface area contributed by atoms with E-state index in [0.29, 0.717) is 5.69 Å². The molecule has 116 valence electrons. The number of rotatable bonds is 4. The lowest BCUT2D eigenvalue weighted by Gasteiger charge is -2.31. The Morgan fingerprint density at radius 2 is 2.27 bits per heavy atom. The van der Waals surface area contributed by atoms with Crippen molar-refractivity contribution in [1.29, 1.82) is 0 Å². The largest absolute Gasteiger partial charge is 0.360 e.